The number of aromatic nitrogens is 2. The zero-order chi connectivity index (χ0) is 15.5. The highest BCUT2D eigenvalue weighted by atomic mass is 79.9. The molecule has 1 heterocycles. The minimum absolute atomic E-state index is 0.242. The lowest BCUT2D eigenvalue weighted by Gasteiger charge is -2.22. The molecule has 1 saturated carbocycles. The smallest absolute Gasteiger partial charge is 0.223 e. The summed E-state index contributed by atoms with van der Waals surface area (Å²) >= 11 is 3.49. The second-order valence-electron chi connectivity index (χ2n) is 5.90. The summed E-state index contributed by atoms with van der Waals surface area (Å²) < 4.78 is 2.84. The molecular formula is C17H20BrN3O. The molecule has 1 amide bonds. The van der Waals surface area contributed by atoms with E-state index in [4.69, 9.17) is 0 Å². The van der Waals surface area contributed by atoms with E-state index in [0.29, 0.717) is 19.0 Å². The molecule has 1 aromatic carbocycles. The van der Waals surface area contributed by atoms with Gasteiger partial charge in [-0.3, -0.25) is 9.48 Å². The fourth-order valence-electron chi connectivity index (χ4n) is 2.63. The van der Waals surface area contributed by atoms with Crippen molar-refractivity contribution in [3.05, 3.63) is 52.3 Å². The number of amides is 1. The molecule has 22 heavy (non-hydrogen) atoms. The number of nitrogens with zero attached hydrogens (tertiary/aromatic N) is 3. The predicted molar refractivity (Wildman–Crippen MR) is 89.2 cm³/mol. The third-order valence-corrected chi connectivity index (χ3v) is 4.43. The number of aryl methyl sites for hydroxylation is 2. The van der Waals surface area contributed by atoms with Gasteiger partial charge in [0.2, 0.25) is 5.91 Å². The van der Waals surface area contributed by atoms with Gasteiger partial charge in [0.1, 0.15) is 0 Å². The standard InChI is InChI=1S/C17H20BrN3O/c1-20-11-14(10-19-20)5-8-17(22)21(16-6-7-16)12-13-3-2-4-15(18)9-13/h2-4,9-11,16H,5-8,12H2,1H3. The normalized spacial score (nSPS) is 14.1. The van der Waals surface area contributed by atoms with E-state index < -0.39 is 0 Å². The molecule has 1 aliphatic rings. The third kappa shape index (κ3) is 3.97. The molecule has 0 unspecified atom stereocenters. The van der Waals surface area contributed by atoms with Crippen LogP contribution in [0.15, 0.2) is 41.1 Å². The Kier molecular flexibility index (Phi) is 4.62. The minimum Gasteiger partial charge on any atom is -0.335 e. The molecule has 2 aromatic rings. The molecule has 3 rings (SSSR count). The summed E-state index contributed by atoms with van der Waals surface area (Å²) in [5.41, 5.74) is 2.30. The Hall–Kier alpha value is -1.62. The summed E-state index contributed by atoms with van der Waals surface area (Å²) in [6.45, 7) is 0.704. The van der Waals surface area contributed by atoms with Crippen molar-refractivity contribution >= 4 is 21.8 Å². The van der Waals surface area contributed by atoms with Gasteiger partial charge in [0.25, 0.3) is 0 Å². The molecule has 0 radical (unpaired) electrons. The van der Waals surface area contributed by atoms with Crippen LogP contribution in [0.25, 0.3) is 0 Å². The van der Waals surface area contributed by atoms with Gasteiger partial charge in [-0.25, -0.2) is 0 Å². The highest BCUT2D eigenvalue weighted by Gasteiger charge is 2.32. The van der Waals surface area contributed by atoms with Gasteiger partial charge < -0.3 is 4.90 Å². The van der Waals surface area contributed by atoms with Crippen LogP contribution in [-0.4, -0.2) is 26.6 Å². The number of carbonyl (C=O) groups excluding carboxylic acids is 1. The minimum atomic E-state index is 0.242. The molecular weight excluding hydrogens is 342 g/mol. The maximum Gasteiger partial charge on any atom is 0.223 e. The van der Waals surface area contributed by atoms with E-state index in [9.17, 15) is 4.79 Å². The second kappa shape index (κ2) is 6.65. The van der Waals surface area contributed by atoms with E-state index in [0.717, 1.165) is 29.3 Å². The van der Waals surface area contributed by atoms with Crippen molar-refractivity contribution in [1.82, 2.24) is 14.7 Å². The second-order valence-corrected chi connectivity index (χ2v) is 6.82. The largest absolute Gasteiger partial charge is 0.335 e. The third-order valence-electron chi connectivity index (χ3n) is 3.94. The molecule has 0 atom stereocenters. The van der Waals surface area contributed by atoms with Crippen LogP contribution in [-0.2, 0) is 24.8 Å². The first-order valence-electron chi connectivity index (χ1n) is 7.63. The fraction of sp³-hybridized carbons (Fsp3) is 0.412. The Morgan fingerprint density at radius 1 is 1.41 bits per heavy atom. The predicted octanol–water partition coefficient (Wildman–Crippen LogP) is 3.31. The Morgan fingerprint density at radius 2 is 2.23 bits per heavy atom. The summed E-state index contributed by atoms with van der Waals surface area (Å²) in [4.78, 5) is 14.6. The average molecular weight is 362 g/mol. The lowest BCUT2D eigenvalue weighted by Crippen LogP contribution is -2.32. The molecule has 4 nitrogen and oxygen atoms in total. The average Bonchev–Trinajstić information content (AvgIpc) is 3.24. The number of halogens is 1. The molecule has 5 heteroatoms. The maximum atomic E-state index is 12.6. The van der Waals surface area contributed by atoms with Gasteiger partial charge in [-0.15, -0.1) is 0 Å². The summed E-state index contributed by atoms with van der Waals surface area (Å²) in [5, 5.41) is 4.15. The summed E-state index contributed by atoms with van der Waals surface area (Å²) in [7, 11) is 1.90. The number of hydrogen-bond donors (Lipinski definition) is 0. The van der Waals surface area contributed by atoms with E-state index in [-0.39, 0.29) is 5.91 Å². The van der Waals surface area contributed by atoms with Crippen LogP contribution in [0.2, 0.25) is 0 Å². The van der Waals surface area contributed by atoms with Gasteiger partial charge in [-0.1, -0.05) is 28.1 Å². The number of rotatable bonds is 6. The number of carbonyl (C=O) groups is 1. The monoisotopic (exact) mass is 361 g/mol. The molecule has 0 aliphatic heterocycles. The number of benzene rings is 1. The van der Waals surface area contributed by atoms with E-state index in [1.54, 1.807) is 4.68 Å². The van der Waals surface area contributed by atoms with E-state index in [2.05, 4.69) is 33.2 Å². The quantitative estimate of drug-likeness (QED) is 0.791. The van der Waals surface area contributed by atoms with Crippen LogP contribution in [0.4, 0.5) is 0 Å². The molecule has 1 fully saturated rings. The summed E-state index contributed by atoms with van der Waals surface area (Å²) in [6.07, 6.45) is 7.38. The fourth-order valence-corrected chi connectivity index (χ4v) is 3.08. The highest BCUT2D eigenvalue weighted by Crippen LogP contribution is 2.29. The first kappa shape index (κ1) is 15.3. The lowest BCUT2D eigenvalue weighted by molar-refractivity contribution is -0.132. The van der Waals surface area contributed by atoms with Crippen molar-refractivity contribution in [3.8, 4) is 0 Å². The zero-order valence-electron chi connectivity index (χ0n) is 12.7. The number of hydrogen-bond acceptors (Lipinski definition) is 2. The lowest BCUT2D eigenvalue weighted by atomic mass is 10.1. The van der Waals surface area contributed by atoms with Gasteiger partial charge in [-0.2, -0.15) is 5.10 Å². The van der Waals surface area contributed by atoms with Crippen LogP contribution in [0.1, 0.15) is 30.4 Å². The van der Waals surface area contributed by atoms with Crippen molar-refractivity contribution in [3.63, 3.8) is 0 Å². The molecule has 1 aliphatic carbocycles. The van der Waals surface area contributed by atoms with Gasteiger partial charge >= 0.3 is 0 Å². The van der Waals surface area contributed by atoms with Crippen molar-refractivity contribution in [2.75, 3.05) is 0 Å². The topological polar surface area (TPSA) is 38.1 Å². The zero-order valence-corrected chi connectivity index (χ0v) is 14.3. The molecule has 1 aromatic heterocycles. The van der Waals surface area contributed by atoms with Crippen LogP contribution >= 0.6 is 15.9 Å². The Morgan fingerprint density at radius 3 is 2.86 bits per heavy atom. The van der Waals surface area contributed by atoms with Crippen molar-refractivity contribution in [2.24, 2.45) is 7.05 Å². The first-order valence-corrected chi connectivity index (χ1v) is 8.42. The summed E-state index contributed by atoms with van der Waals surface area (Å²) in [6, 6.07) is 8.62. The van der Waals surface area contributed by atoms with Gasteiger partial charge in [0, 0.05) is 36.7 Å². The molecule has 0 bridgehead atoms. The van der Waals surface area contributed by atoms with Crippen LogP contribution in [0, 0.1) is 0 Å². The maximum absolute atomic E-state index is 12.6. The molecule has 0 spiro atoms. The van der Waals surface area contributed by atoms with Crippen LogP contribution in [0.3, 0.4) is 0 Å². The van der Waals surface area contributed by atoms with Crippen molar-refractivity contribution in [1.29, 1.82) is 0 Å². The molecule has 116 valence electrons. The van der Waals surface area contributed by atoms with E-state index in [1.807, 2.05) is 36.5 Å². The summed E-state index contributed by atoms with van der Waals surface area (Å²) in [5.74, 6) is 0.242. The molecule has 0 N–H and O–H groups in total. The van der Waals surface area contributed by atoms with Gasteiger partial charge in [0.15, 0.2) is 0 Å². The van der Waals surface area contributed by atoms with Crippen molar-refractivity contribution in [2.45, 2.75) is 38.3 Å². The first-order chi connectivity index (χ1) is 10.6. The van der Waals surface area contributed by atoms with Crippen LogP contribution in [0.5, 0.6) is 0 Å². The van der Waals surface area contributed by atoms with Crippen molar-refractivity contribution < 1.29 is 4.79 Å². The van der Waals surface area contributed by atoms with Gasteiger partial charge in [0.05, 0.1) is 6.20 Å². The van der Waals surface area contributed by atoms with Crippen LogP contribution < -0.4 is 0 Å². The Balaban J connectivity index is 1.62. The highest BCUT2D eigenvalue weighted by molar-refractivity contribution is 9.10. The SMILES string of the molecule is Cn1cc(CCC(=O)N(Cc2cccc(Br)c2)C2CC2)cn1. The van der Waals surface area contributed by atoms with E-state index >= 15 is 0 Å². The van der Waals surface area contributed by atoms with Gasteiger partial charge in [-0.05, 0) is 42.5 Å². The van der Waals surface area contributed by atoms with E-state index in [1.165, 1.54) is 5.56 Å². The molecule has 0 saturated heterocycles. The Labute approximate surface area is 139 Å². The Bertz CT molecular complexity index is 663.